The minimum absolute atomic E-state index is 0.108. The number of carbonyl (C=O) groups excluding carboxylic acids is 1. The van der Waals surface area contributed by atoms with E-state index in [-0.39, 0.29) is 11.8 Å². The van der Waals surface area contributed by atoms with Gasteiger partial charge < -0.3 is 13.7 Å². The highest BCUT2D eigenvalue weighted by molar-refractivity contribution is 7.99. The van der Waals surface area contributed by atoms with Crippen LogP contribution in [-0.4, -0.2) is 44.6 Å². The molecule has 3 aromatic rings. The summed E-state index contributed by atoms with van der Waals surface area (Å²) in [6.45, 7) is 6.77. The second-order valence-electron chi connectivity index (χ2n) is 8.62. The summed E-state index contributed by atoms with van der Waals surface area (Å²) >= 11 is 1.47. The average molecular weight is 457 g/mol. The van der Waals surface area contributed by atoms with Crippen molar-refractivity contribution in [1.29, 1.82) is 0 Å². The highest BCUT2D eigenvalue weighted by Gasteiger charge is 2.26. The Hall–Kier alpha value is -2.32. The van der Waals surface area contributed by atoms with Crippen LogP contribution in [0.3, 0.4) is 0 Å². The van der Waals surface area contributed by atoms with Crippen molar-refractivity contribution in [3.8, 4) is 11.6 Å². The van der Waals surface area contributed by atoms with E-state index in [1.807, 2.05) is 32.0 Å². The van der Waals surface area contributed by atoms with Crippen molar-refractivity contribution in [3.63, 3.8) is 0 Å². The maximum absolute atomic E-state index is 13.2. The molecule has 3 aromatic heterocycles. The van der Waals surface area contributed by atoms with Gasteiger partial charge >= 0.3 is 0 Å². The molecule has 1 aliphatic rings. The lowest BCUT2D eigenvalue weighted by Gasteiger charge is -2.25. The number of carbonyl (C=O) groups is 1. The summed E-state index contributed by atoms with van der Waals surface area (Å²) in [5, 5.41) is 9.68. The van der Waals surface area contributed by atoms with Gasteiger partial charge in [0.05, 0.1) is 24.7 Å². The zero-order chi connectivity index (χ0) is 22.7. The molecule has 1 saturated carbocycles. The van der Waals surface area contributed by atoms with Crippen LogP contribution < -0.4 is 0 Å². The van der Waals surface area contributed by atoms with Gasteiger partial charge in [-0.3, -0.25) is 9.36 Å². The Morgan fingerprint density at radius 2 is 2.06 bits per heavy atom. The Balaban J connectivity index is 1.55. The van der Waals surface area contributed by atoms with E-state index in [1.54, 1.807) is 13.4 Å². The topological polar surface area (TPSA) is 75.1 Å². The predicted octanol–water partition coefficient (Wildman–Crippen LogP) is 5.64. The van der Waals surface area contributed by atoms with Gasteiger partial charge in [0.2, 0.25) is 5.82 Å². The Bertz CT molecular complexity index is 1050. The summed E-state index contributed by atoms with van der Waals surface area (Å²) in [5.74, 6) is 1.91. The number of rotatable bonds is 9. The Morgan fingerprint density at radius 3 is 2.75 bits per heavy atom. The molecule has 8 heteroatoms. The molecule has 0 N–H and O–H groups in total. The van der Waals surface area contributed by atoms with Crippen LogP contribution in [-0.2, 0) is 4.74 Å². The van der Waals surface area contributed by atoms with E-state index in [4.69, 9.17) is 9.15 Å². The lowest BCUT2D eigenvalue weighted by atomic mass is 9.95. The van der Waals surface area contributed by atoms with E-state index >= 15 is 0 Å². The van der Waals surface area contributed by atoms with Gasteiger partial charge in [0.1, 0.15) is 0 Å². The lowest BCUT2D eigenvalue weighted by molar-refractivity contribution is 0.102. The Kier molecular flexibility index (Phi) is 7.20. The van der Waals surface area contributed by atoms with Crippen molar-refractivity contribution in [3.05, 3.63) is 41.4 Å². The molecule has 0 bridgehead atoms. The number of aromatic nitrogens is 4. The van der Waals surface area contributed by atoms with Crippen LogP contribution in [0.25, 0.3) is 11.6 Å². The molecule has 0 saturated heterocycles. The number of furan rings is 1. The van der Waals surface area contributed by atoms with Gasteiger partial charge in [-0.1, -0.05) is 31.0 Å². The molecule has 0 amide bonds. The smallest absolute Gasteiger partial charge is 0.200 e. The summed E-state index contributed by atoms with van der Waals surface area (Å²) in [6.07, 6.45) is 7.54. The molecule has 0 radical (unpaired) electrons. The van der Waals surface area contributed by atoms with E-state index in [2.05, 4.69) is 26.3 Å². The van der Waals surface area contributed by atoms with E-state index in [1.165, 1.54) is 31.0 Å². The number of hydrogen-bond donors (Lipinski definition) is 0. The second kappa shape index (κ2) is 10.1. The third kappa shape index (κ3) is 4.57. The molecule has 1 aliphatic carbocycles. The minimum atomic E-state index is 0.108. The largest absolute Gasteiger partial charge is 0.461 e. The fourth-order valence-corrected chi connectivity index (χ4v) is 5.77. The fourth-order valence-electron chi connectivity index (χ4n) is 4.88. The molecule has 0 spiro atoms. The maximum Gasteiger partial charge on any atom is 0.200 e. The molecule has 4 rings (SSSR count). The quantitative estimate of drug-likeness (QED) is 0.306. The van der Waals surface area contributed by atoms with Crippen LogP contribution in [0.1, 0.15) is 72.9 Å². The van der Waals surface area contributed by atoms with E-state index in [0.29, 0.717) is 18.4 Å². The number of aryl methyl sites for hydroxylation is 1. The second-order valence-corrected chi connectivity index (χ2v) is 9.56. The molecule has 0 aliphatic heterocycles. The number of nitrogens with zero attached hydrogens (tertiary/aromatic N) is 4. The van der Waals surface area contributed by atoms with Crippen LogP contribution in [0.2, 0.25) is 0 Å². The SMILES string of the molecule is COC[C@H](C)n1c(C)cc(C(=O)CSc2nnc(-c3ccco3)n2C2CCCCC2)c1C. The van der Waals surface area contributed by atoms with Gasteiger partial charge in [-0.05, 0) is 51.8 Å². The van der Waals surface area contributed by atoms with Crippen LogP contribution in [0, 0.1) is 13.8 Å². The number of ketones is 1. The number of thioether (sulfide) groups is 1. The average Bonchev–Trinajstić information content (AvgIpc) is 3.51. The molecule has 1 fully saturated rings. The molecular weight excluding hydrogens is 424 g/mol. The first kappa shape index (κ1) is 22.9. The van der Waals surface area contributed by atoms with Gasteiger partial charge in [-0.25, -0.2) is 0 Å². The standard InChI is InChI=1S/C24H32N4O3S/c1-16-13-20(18(3)27(16)17(2)14-30-4)21(29)15-32-24-26-25-23(22-11-8-12-31-22)28(24)19-9-6-5-7-10-19/h8,11-13,17,19H,5-7,9-10,14-15H2,1-4H3/t17-/m0/s1. The minimum Gasteiger partial charge on any atom is -0.461 e. The first-order valence-corrected chi connectivity index (χ1v) is 12.3. The molecule has 0 aromatic carbocycles. The first-order chi connectivity index (χ1) is 15.5. The summed E-state index contributed by atoms with van der Waals surface area (Å²) in [6, 6.07) is 6.30. The highest BCUT2D eigenvalue weighted by atomic mass is 32.2. The van der Waals surface area contributed by atoms with Gasteiger partial charge in [0, 0.05) is 30.1 Å². The molecule has 32 heavy (non-hydrogen) atoms. The lowest BCUT2D eigenvalue weighted by Crippen LogP contribution is -2.16. The summed E-state index contributed by atoms with van der Waals surface area (Å²) in [7, 11) is 1.70. The molecule has 3 heterocycles. The first-order valence-electron chi connectivity index (χ1n) is 11.3. The summed E-state index contributed by atoms with van der Waals surface area (Å²) in [5.41, 5.74) is 2.83. The van der Waals surface area contributed by atoms with E-state index < -0.39 is 0 Å². The van der Waals surface area contributed by atoms with Gasteiger partial charge in [0.25, 0.3) is 0 Å². The maximum atomic E-state index is 13.2. The van der Waals surface area contributed by atoms with Crippen molar-refractivity contribution in [2.45, 2.75) is 70.1 Å². The predicted molar refractivity (Wildman–Crippen MR) is 125 cm³/mol. The third-order valence-electron chi connectivity index (χ3n) is 6.31. The van der Waals surface area contributed by atoms with Crippen LogP contribution in [0.5, 0.6) is 0 Å². The molecular formula is C24H32N4O3S. The van der Waals surface area contributed by atoms with Gasteiger partial charge in [-0.2, -0.15) is 0 Å². The Morgan fingerprint density at radius 1 is 1.28 bits per heavy atom. The fraction of sp³-hybridized carbons (Fsp3) is 0.542. The van der Waals surface area contributed by atoms with Crippen molar-refractivity contribution < 1.29 is 13.9 Å². The van der Waals surface area contributed by atoms with Crippen molar-refractivity contribution >= 4 is 17.5 Å². The van der Waals surface area contributed by atoms with E-state index in [9.17, 15) is 4.79 Å². The number of ether oxygens (including phenoxy) is 1. The van der Waals surface area contributed by atoms with Crippen LogP contribution in [0.15, 0.2) is 34.0 Å². The van der Waals surface area contributed by atoms with Crippen LogP contribution in [0.4, 0.5) is 0 Å². The molecule has 1 atom stereocenters. The van der Waals surface area contributed by atoms with Gasteiger partial charge in [-0.15, -0.1) is 10.2 Å². The normalized spacial score (nSPS) is 15.9. The highest BCUT2D eigenvalue weighted by Crippen LogP contribution is 2.36. The van der Waals surface area contributed by atoms with Gasteiger partial charge in [0.15, 0.2) is 16.7 Å². The Labute approximate surface area is 193 Å². The van der Waals surface area contributed by atoms with E-state index in [0.717, 1.165) is 46.5 Å². The number of Topliss-reactive ketones (excluding diaryl/α,β-unsaturated/α-hetero) is 1. The third-order valence-corrected chi connectivity index (χ3v) is 7.25. The molecule has 7 nitrogen and oxygen atoms in total. The molecule has 0 unspecified atom stereocenters. The summed E-state index contributed by atoms with van der Waals surface area (Å²) < 4.78 is 15.3. The monoisotopic (exact) mass is 456 g/mol. The number of methoxy groups -OCH3 is 1. The zero-order valence-electron chi connectivity index (χ0n) is 19.3. The van der Waals surface area contributed by atoms with Crippen molar-refractivity contribution in [2.24, 2.45) is 0 Å². The summed E-state index contributed by atoms with van der Waals surface area (Å²) in [4.78, 5) is 13.2. The molecule has 172 valence electrons. The number of hydrogen-bond acceptors (Lipinski definition) is 6. The van der Waals surface area contributed by atoms with Crippen LogP contribution >= 0.6 is 11.8 Å². The zero-order valence-corrected chi connectivity index (χ0v) is 20.2. The van der Waals surface area contributed by atoms with Crippen molar-refractivity contribution in [1.82, 2.24) is 19.3 Å². The van der Waals surface area contributed by atoms with Crippen molar-refractivity contribution in [2.75, 3.05) is 19.5 Å².